The van der Waals surface area contributed by atoms with Crippen LogP contribution in [-0.2, 0) is 26.0 Å². The quantitative estimate of drug-likeness (QED) is 0.391. The molecule has 0 bridgehead atoms. The SMILES string of the molecule is O=CC[C@H](NS(=O)(=O)c1ccc(N2CCCC2)cc1OCCc1cccc2ccccc12)C(=O)O. The van der Waals surface area contributed by atoms with Gasteiger partial charge in [-0.1, -0.05) is 42.5 Å². The number of carbonyl (C=O) groups excluding carboxylic acids is 1. The number of ether oxygens (including phenoxy) is 1. The maximum Gasteiger partial charge on any atom is 0.322 e. The monoisotopic (exact) mass is 496 g/mol. The van der Waals surface area contributed by atoms with Gasteiger partial charge in [-0.25, -0.2) is 8.42 Å². The highest BCUT2D eigenvalue weighted by atomic mass is 32.2. The van der Waals surface area contributed by atoms with Gasteiger partial charge in [-0.05, 0) is 41.3 Å². The van der Waals surface area contributed by atoms with Gasteiger partial charge in [-0.3, -0.25) is 4.79 Å². The van der Waals surface area contributed by atoms with E-state index in [1.165, 1.54) is 6.07 Å². The first-order valence-corrected chi connectivity index (χ1v) is 13.0. The number of sulfonamides is 1. The Hall–Kier alpha value is -3.43. The van der Waals surface area contributed by atoms with Gasteiger partial charge in [0.2, 0.25) is 10.0 Å². The molecule has 35 heavy (non-hydrogen) atoms. The summed E-state index contributed by atoms with van der Waals surface area (Å²) in [4.78, 5) is 24.3. The molecule has 1 heterocycles. The molecule has 0 aliphatic carbocycles. The van der Waals surface area contributed by atoms with Crippen molar-refractivity contribution in [2.45, 2.75) is 36.6 Å². The predicted molar refractivity (Wildman–Crippen MR) is 133 cm³/mol. The Morgan fingerprint density at radius 3 is 2.57 bits per heavy atom. The van der Waals surface area contributed by atoms with Crippen LogP contribution in [-0.4, -0.2) is 51.5 Å². The second kappa shape index (κ2) is 10.9. The lowest BCUT2D eigenvalue weighted by atomic mass is 10.0. The molecule has 1 aliphatic rings. The summed E-state index contributed by atoms with van der Waals surface area (Å²) in [5.74, 6) is -1.27. The summed E-state index contributed by atoms with van der Waals surface area (Å²) in [7, 11) is -4.26. The lowest BCUT2D eigenvalue weighted by Gasteiger charge is -2.21. The Bertz CT molecular complexity index is 1310. The van der Waals surface area contributed by atoms with Crippen LogP contribution in [0.25, 0.3) is 10.8 Å². The van der Waals surface area contributed by atoms with Gasteiger partial charge in [0.15, 0.2) is 0 Å². The maximum atomic E-state index is 13.1. The number of benzene rings is 3. The normalized spacial score (nSPS) is 14.7. The van der Waals surface area contributed by atoms with E-state index in [1.54, 1.807) is 12.1 Å². The van der Waals surface area contributed by atoms with Crippen molar-refractivity contribution in [2.24, 2.45) is 0 Å². The summed E-state index contributed by atoms with van der Waals surface area (Å²) in [6, 6.07) is 17.3. The first-order valence-electron chi connectivity index (χ1n) is 11.6. The fourth-order valence-electron chi connectivity index (χ4n) is 4.33. The molecule has 0 radical (unpaired) electrons. The van der Waals surface area contributed by atoms with Crippen LogP contribution in [0.4, 0.5) is 5.69 Å². The average molecular weight is 497 g/mol. The largest absolute Gasteiger partial charge is 0.492 e. The Labute approximate surface area is 204 Å². The summed E-state index contributed by atoms with van der Waals surface area (Å²) < 4.78 is 34.3. The molecule has 184 valence electrons. The highest BCUT2D eigenvalue weighted by Gasteiger charge is 2.28. The third-order valence-corrected chi connectivity index (χ3v) is 7.64. The van der Waals surface area contributed by atoms with Crippen molar-refractivity contribution in [3.8, 4) is 5.75 Å². The molecule has 3 aromatic carbocycles. The summed E-state index contributed by atoms with van der Waals surface area (Å²) in [5, 5.41) is 11.5. The first kappa shape index (κ1) is 24.7. The van der Waals surface area contributed by atoms with E-state index >= 15 is 0 Å². The van der Waals surface area contributed by atoms with Gasteiger partial charge >= 0.3 is 5.97 Å². The first-order chi connectivity index (χ1) is 16.9. The van der Waals surface area contributed by atoms with E-state index in [0.717, 1.165) is 48.0 Å². The molecule has 8 nitrogen and oxygen atoms in total. The zero-order chi connectivity index (χ0) is 24.8. The molecule has 9 heteroatoms. The highest BCUT2D eigenvalue weighted by Crippen LogP contribution is 2.31. The van der Waals surface area contributed by atoms with Gasteiger partial charge < -0.3 is 19.5 Å². The molecular formula is C26H28N2O6S. The van der Waals surface area contributed by atoms with Crippen LogP contribution in [0.5, 0.6) is 5.75 Å². The zero-order valence-electron chi connectivity index (χ0n) is 19.2. The third kappa shape index (κ3) is 5.80. The van der Waals surface area contributed by atoms with Crippen molar-refractivity contribution >= 4 is 38.7 Å². The molecule has 0 spiro atoms. The van der Waals surface area contributed by atoms with Crippen molar-refractivity contribution < 1.29 is 27.9 Å². The fourth-order valence-corrected chi connectivity index (χ4v) is 5.66. The van der Waals surface area contributed by atoms with Crippen LogP contribution < -0.4 is 14.4 Å². The molecule has 1 atom stereocenters. The molecule has 2 N–H and O–H groups in total. The van der Waals surface area contributed by atoms with Gasteiger partial charge in [-0.2, -0.15) is 4.72 Å². The number of nitrogens with one attached hydrogen (secondary N) is 1. The van der Waals surface area contributed by atoms with Crippen molar-refractivity contribution in [3.05, 3.63) is 66.2 Å². The van der Waals surface area contributed by atoms with Crippen LogP contribution in [0.1, 0.15) is 24.8 Å². The van der Waals surface area contributed by atoms with Gasteiger partial charge in [0, 0.05) is 37.7 Å². The number of carbonyl (C=O) groups is 2. The van der Waals surface area contributed by atoms with E-state index in [1.807, 2.05) is 42.5 Å². The number of hydrogen-bond acceptors (Lipinski definition) is 6. The molecular weight excluding hydrogens is 468 g/mol. The second-order valence-electron chi connectivity index (χ2n) is 8.48. The Morgan fingerprint density at radius 1 is 1.09 bits per heavy atom. The summed E-state index contributed by atoms with van der Waals surface area (Å²) in [6.07, 6.45) is 2.58. The summed E-state index contributed by atoms with van der Waals surface area (Å²) in [6.45, 7) is 1.98. The number of carboxylic acid groups (broad SMARTS) is 1. The van der Waals surface area contributed by atoms with E-state index in [-0.39, 0.29) is 17.3 Å². The molecule has 0 aromatic heterocycles. The molecule has 3 aromatic rings. The topological polar surface area (TPSA) is 113 Å². The van der Waals surface area contributed by atoms with Crippen LogP contribution in [0, 0.1) is 0 Å². The number of aliphatic carboxylic acids is 1. The molecule has 0 unspecified atom stereocenters. The smallest absolute Gasteiger partial charge is 0.322 e. The molecule has 0 saturated carbocycles. The van der Waals surface area contributed by atoms with Crippen LogP contribution in [0.15, 0.2) is 65.6 Å². The summed E-state index contributed by atoms with van der Waals surface area (Å²) in [5.41, 5.74) is 1.93. The van der Waals surface area contributed by atoms with Crippen LogP contribution in [0.2, 0.25) is 0 Å². The third-order valence-electron chi connectivity index (χ3n) is 6.12. The van der Waals surface area contributed by atoms with E-state index in [0.29, 0.717) is 12.7 Å². The van der Waals surface area contributed by atoms with Gasteiger partial charge in [0.05, 0.1) is 6.61 Å². The minimum Gasteiger partial charge on any atom is -0.492 e. The molecule has 1 aliphatic heterocycles. The molecule has 4 rings (SSSR count). The van der Waals surface area contributed by atoms with Crippen molar-refractivity contribution in [1.29, 1.82) is 0 Å². The highest BCUT2D eigenvalue weighted by molar-refractivity contribution is 7.89. The minimum atomic E-state index is -4.26. The van der Waals surface area contributed by atoms with E-state index < -0.39 is 28.5 Å². The van der Waals surface area contributed by atoms with E-state index in [9.17, 15) is 23.1 Å². The number of hydrogen-bond donors (Lipinski definition) is 2. The fraction of sp³-hybridized carbons (Fsp3) is 0.308. The minimum absolute atomic E-state index is 0.150. The number of rotatable bonds is 11. The van der Waals surface area contributed by atoms with Crippen molar-refractivity contribution in [2.75, 3.05) is 24.6 Å². The number of fused-ring (bicyclic) bond motifs is 1. The van der Waals surface area contributed by atoms with Gasteiger partial charge in [0.1, 0.15) is 23.0 Å². The van der Waals surface area contributed by atoms with Crippen LogP contribution >= 0.6 is 0 Å². The molecule has 1 fully saturated rings. The Morgan fingerprint density at radius 2 is 1.83 bits per heavy atom. The molecule has 0 amide bonds. The van der Waals surface area contributed by atoms with Crippen molar-refractivity contribution in [1.82, 2.24) is 4.72 Å². The van der Waals surface area contributed by atoms with Gasteiger partial charge in [0.25, 0.3) is 0 Å². The number of anilines is 1. The van der Waals surface area contributed by atoms with Crippen molar-refractivity contribution in [3.63, 3.8) is 0 Å². The lowest BCUT2D eigenvalue weighted by Crippen LogP contribution is -2.41. The van der Waals surface area contributed by atoms with E-state index in [2.05, 4.69) is 9.62 Å². The Kier molecular flexibility index (Phi) is 7.67. The Balaban J connectivity index is 1.60. The average Bonchev–Trinajstić information content (AvgIpc) is 3.39. The summed E-state index contributed by atoms with van der Waals surface area (Å²) >= 11 is 0. The van der Waals surface area contributed by atoms with Gasteiger partial charge in [-0.15, -0.1) is 0 Å². The van der Waals surface area contributed by atoms with E-state index in [4.69, 9.17) is 4.74 Å². The van der Waals surface area contributed by atoms with Crippen LogP contribution in [0.3, 0.4) is 0 Å². The molecule has 1 saturated heterocycles. The maximum absolute atomic E-state index is 13.1. The lowest BCUT2D eigenvalue weighted by molar-refractivity contribution is -0.139. The second-order valence-corrected chi connectivity index (χ2v) is 10.2. The number of aldehydes is 1. The number of nitrogens with zero attached hydrogens (tertiary/aromatic N) is 1. The zero-order valence-corrected chi connectivity index (χ0v) is 20.0. The predicted octanol–water partition coefficient (Wildman–Crippen LogP) is 3.38. The number of carboxylic acids is 1. The standard InChI is InChI=1S/C26H28N2O6S/c29-16-12-23(26(30)31)27-35(32,33)25-11-10-21(28-14-3-4-15-28)18-24(25)34-17-13-20-8-5-7-19-6-1-2-9-22(19)20/h1-2,5-11,16,18,23,27H,3-4,12-15,17H2,(H,30,31)/t23-/m0/s1.